The van der Waals surface area contributed by atoms with Gasteiger partial charge in [-0.1, -0.05) is 40.5 Å². The van der Waals surface area contributed by atoms with Crippen LogP contribution < -0.4 is 5.73 Å². The quantitative estimate of drug-likeness (QED) is 0.910. The number of hydrogen-bond donors (Lipinski definition) is 1. The van der Waals surface area contributed by atoms with Gasteiger partial charge in [-0.2, -0.15) is 5.10 Å². The number of benzene rings is 1. The largest absolute Gasteiger partial charge is 0.319 e. The Labute approximate surface area is 126 Å². The van der Waals surface area contributed by atoms with E-state index in [2.05, 4.69) is 34.0 Å². The molecule has 0 saturated carbocycles. The van der Waals surface area contributed by atoms with Crippen LogP contribution in [0.15, 0.2) is 28.9 Å². The highest BCUT2D eigenvalue weighted by atomic mass is 79.9. The lowest BCUT2D eigenvalue weighted by molar-refractivity contribution is 0.559. The fourth-order valence-electron chi connectivity index (χ4n) is 2.21. The van der Waals surface area contributed by atoms with Crippen LogP contribution in [0.25, 0.3) is 0 Å². The van der Waals surface area contributed by atoms with Crippen LogP contribution in [0.5, 0.6) is 0 Å². The first-order valence-electron chi connectivity index (χ1n) is 6.27. The Kier molecular flexibility index (Phi) is 4.66. The molecule has 1 aromatic heterocycles. The summed E-state index contributed by atoms with van der Waals surface area (Å²) in [5.41, 5.74) is 9.48. The molecule has 0 radical (unpaired) electrons. The van der Waals surface area contributed by atoms with Crippen LogP contribution in [-0.2, 0) is 6.54 Å². The lowest BCUT2D eigenvalue weighted by Gasteiger charge is -2.17. The molecule has 2 aromatic rings. The Balaban J connectivity index is 2.43. The maximum atomic E-state index is 6.38. The molecule has 3 nitrogen and oxygen atoms in total. The summed E-state index contributed by atoms with van der Waals surface area (Å²) >= 11 is 9.70. The maximum Gasteiger partial charge on any atom is 0.0837 e. The zero-order valence-electron chi connectivity index (χ0n) is 11.0. The van der Waals surface area contributed by atoms with Crippen LogP contribution >= 0.6 is 27.5 Å². The first kappa shape index (κ1) is 14.6. The van der Waals surface area contributed by atoms with Crippen LogP contribution in [0, 0.1) is 6.92 Å². The number of halogens is 2. The summed E-state index contributed by atoms with van der Waals surface area (Å²) in [5.74, 6) is 0. The van der Waals surface area contributed by atoms with Gasteiger partial charge in [-0.05, 0) is 36.6 Å². The third-order valence-corrected chi connectivity index (χ3v) is 3.91. The van der Waals surface area contributed by atoms with E-state index in [-0.39, 0.29) is 6.04 Å². The second-order valence-electron chi connectivity index (χ2n) is 4.58. The van der Waals surface area contributed by atoms with Crippen molar-refractivity contribution in [2.24, 2.45) is 5.73 Å². The van der Waals surface area contributed by atoms with Crippen LogP contribution in [0.2, 0.25) is 5.02 Å². The van der Waals surface area contributed by atoms with E-state index in [0.717, 1.165) is 34.3 Å². The third-order valence-electron chi connectivity index (χ3n) is 3.13. The van der Waals surface area contributed by atoms with Gasteiger partial charge in [-0.25, -0.2) is 0 Å². The van der Waals surface area contributed by atoms with E-state index < -0.39 is 0 Å². The topological polar surface area (TPSA) is 43.8 Å². The van der Waals surface area contributed by atoms with Crippen molar-refractivity contribution in [3.05, 3.63) is 50.7 Å². The number of nitrogens with zero attached hydrogens (tertiary/aromatic N) is 2. The highest BCUT2D eigenvalue weighted by Gasteiger charge is 2.19. The molecule has 0 saturated heterocycles. The van der Waals surface area contributed by atoms with Crippen molar-refractivity contribution in [2.45, 2.75) is 32.9 Å². The molecule has 1 atom stereocenters. The molecule has 1 aromatic carbocycles. The predicted octanol–water partition coefficient (Wildman–Crippen LogP) is 4.07. The number of aromatic nitrogens is 2. The van der Waals surface area contributed by atoms with E-state index >= 15 is 0 Å². The normalized spacial score (nSPS) is 12.7. The van der Waals surface area contributed by atoms with E-state index in [1.807, 2.05) is 23.7 Å². The second kappa shape index (κ2) is 6.07. The van der Waals surface area contributed by atoms with Gasteiger partial charge in [0.2, 0.25) is 0 Å². The average Bonchev–Trinajstić information content (AvgIpc) is 2.70. The van der Waals surface area contributed by atoms with Gasteiger partial charge >= 0.3 is 0 Å². The Morgan fingerprint density at radius 3 is 2.84 bits per heavy atom. The molecule has 5 heteroatoms. The number of rotatable bonds is 4. The summed E-state index contributed by atoms with van der Waals surface area (Å²) in [6.07, 6.45) is 2.66. The summed E-state index contributed by atoms with van der Waals surface area (Å²) < 4.78 is 2.95. The van der Waals surface area contributed by atoms with Gasteiger partial charge in [0.1, 0.15) is 0 Å². The molecule has 0 fully saturated rings. The first-order chi connectivity index (χ1) is 9.04. The summed E-state index contributed by atoms with van der Waals surface area (Å²) in [6.45, 7) is 4.98. The van der Waals surface area contributed by atoms with Gasteiger partial charge in [-0.15, -0.1) is 0 Å². The Morgan fingerprint density at radius 2 is 2.21 bits per heavy atom. The minimum atomic E-state index is -0.255. The molecule has 0 amide bonds. The van der Waals surface area contributed by atoms with Crippen LogP contribution in [0.1, 0.15) is 36.2 Å². The SMILES string of the molecule is CCCn1ncc(Cl)c1C(N)c1ccc(Br)cc1C. The van der Waals surface area contributed by atoms with Crippen molar-refractivity contribution in [3.63, 3.8) is 0 Å². The molecule has 2 N–H and O–H groups in total. The Bertz CT molecular complexity index is 580. The van der Waals surface area contributed by atoms with Gasteiger partial charge in [0, 0.05) is 11.0 Å². The minimum Gasteiger partial charge on any atom is -0.319 e. The summed E-state index contributed by atoms with van der Waals surface area (Å²) in [7, 11) is 0. The predicted molar refractivity (Wildman–Crippen MR) is 82.4 cm³/mol. The second-order valence-corrected chi connectivity index (χ2v) is 5.90. The van der Waals surface area contributed by atoms with Crippen molar-refractivity contribution in [2.75, 3.05) is 0 Å². The molecule has 19 heavy (non-hydrogen) atoms. The zero-order chi connectivity index (χ0) is 14.0. The van der Waals surface area contributed by atoms with Gasteiger partial charge < -0.3 is 5.73 Å². The lowest BCUT2D eigenvalue weighted by Crippen LogP contribution is -2.19. The van der Waals surface area contributed by atoms with Crippen molar-refractivity contribution in [1.29, 1.82) is 0 Å². The molecule has 0 aliphatic carbocycles. The zero-order valence-corrected chi connectivity index (χ0v) is 13.4. The van der Waals surface area contributed by atoms with E-state index in [0.29, 0.717) is 5.02 Å². The fraction of sp³-hybridized carbons (Fsp3) is 0.357. The minimum absolute atomic E-state index is 0.255. The Morgan fingerprint density at radius 1 is 1.47 bits per heavy atom. The van der Waals surface area contributed by atoms with Gasteiger partial charge in [0.05, 0.1) is 23.0 Å². The fourth-order valence-corrected chi connectivity index (χ4v) is 2.94. The summed E-state index contributed by atoms with van der Waals surface area (Å²) in [5, 5.41) is 4.92. The van der Waals surface area contributed by atoms with Crippen molar-refractivity contribution in [1.82, 2.24) is 9.78 Å². The van der Waals surface area contributed by atoms with E-state index in [9.17, 15) is 0 Å². The summed E-state index contributed by atoms with van der Waals surface area (Å²) in [6, 6.07) is 5.83. The molecular formula is C14H17BrClN3. The highest BCUT2D eigenvalue weighted by molar-refractivity contribution is 9.10. The van der Waals surface area contributed by atoms with Crippen LogP contribution in [-0.4, -0.2) is 9.78 Å². The molecule has 0 bridgehead atoms. The highest BCUT2D eigenvalue weighted by Crippen LogP contribution is 2.29. The Hall–Kier alpha value is -0.840. The maximum absolute atomic E-state index is 6.38. The lowest BCUT2D eigenvalue weighted by atomic mass is 9.99. The van der Waals surface area contributed by atoms with E-state index in [1.165, 1.54) is 0 Å². The standard InChI is InChI=1S/C14H17BrClN3/c1-3-6-19-14(12(16)8-18-19)13(17)11-5-4-10(15)7-9(11)2/h4-5,7-8,13H,3,6,17H2,1-2H3. The molecule has 1 heterocycles. The molecule has 0 aliphatic rings. The van der Waals surface area contributed by atoms with E-state index in [4.69, 9.17) is 17.3 Å². The molecule has 0 aliphatic heterocycles. The molecule has 1 unspecified atom stereocenters. The van der Waals surface area contributed by atoms with Gasteiger partial charge in [0.25, 0.3) is 0 Å². The van der Waals surface area contributed by atoms with Gasteiger partial charge in [-0.3, -0.25) is 4.68 Å². The van der Waals surface area contributed by atoms with Gasteiger partial charge in [0.15, 0.2) is 0 Å². The third kappa shape index (κ3) is 3.02. The van der Waals surface area contributed by atoms with Crippen molar-refractivity contribution >= 4 is 27.5 Å². The smallest absolute Gasteiger partial charge is 0.0837 e. The molecular weight excluding hydrogens is 326 g/mol. The number of aryl methyl sites for hydroxylation is 2. The number of hydrogen-bond acceptors (Lipinski definition) is 2. The first-order valence-corrected chi connectivity index (χ1v) is 7.44. The molecule has 2 rings (SSSR count). The van der Waals surface area contributed by atoms with Crippen LogP contribution in [0.3, 0.4) is 0 Å². The number of nitrogens with two attached hydrogens (primary N) is 1. The molecule has 102 valence electrons. The average molecular weight is 343 g/mol. The van der Waals surface area contributed by atoms with Crippen molar-refractivity contribution in [3.8, 4) is 0 Å². The van der Waals surface area contributed by atoms with Crippen LogP contribution in [0.4, 0.5) is 0 Å². The monoisotopic (exact) mass is 341 g/mol. The molecule has 0 spiro atoms. The van der Waals surface area contributed by atoms with Crippen molar-refractivity contribution < 1.29 is 0 Å². The van der Waals surface area contributed by atoms with E-state index in [1.54, 1.807) is 6.20 Å². The summed E-state index contributed by atoms with van der Waals surface area (Å²) in [4.78, 5) is 0.